The molecule has 0 saturated carbocycles. The summed E-state index contributed by atoms with van der Waals surface area (Å²) in [5.41, 5.74) is 3.92. The third kappa shape index (κ3) is 2.69. The van der Waals surface area contributed by atoms with Gasteiger partial charge < -0.3 is 0 Å². The van der Waals surface area contributed by atoms with Crippen molar-refractivity contribution in [1.82, 2.24) is 0 Å². The Morgan fingerprint density at radius 2 is 2.15 bits per heavy atom. The minimum Gasteiger partial charge on any atom is -0.295 e. The first-order chi connectivity index (χ1) is 6.11. The molecule has 1 aliphatic carbocycles. The van der Waals surface area contributed by atoms with Crippen LogP contribution in [0.5, 0.6) is 0 Å². The van der Waals surface area contributed by atoms with Gasteiger partial charge in [-0.05, 0) is 50.8 Å². The van der Waals surface area contributed by atoms with Gasteiger partial charge in [0, 0.05) is 0 Å². The molecule has 0 N–H and O–H groups in total. The van der Waals surface area contributed by atoms with E-state index in [4.69, 9.17) is 0 Å². The van der Waals surface area contributed by atoms with Crippen LogP contribution in [0.15, 0.2) is 34.9 Å². The summed E-state index contributed by atoms with van der Waals surface area (Å²) in [6.07, 6.45) is 8.06. The van der Waals surface area contributed by atoms with E-state index in [0.717, 1.165) is 12.8 Å². The summed E-state index contributed by atoms with van der Waals surface area (Å²) in [6, 6.07) is 0. The molecule has 0 heterocycles. The highest BCUT2D eigenvalue weighted by Crippen LogP contribution is 2.25. The molecule has 0 spiro atoms. The fourth-order valence-corrected chi connectivity index (χ4v) is 1.56. The molecule has 0 fully saturated rings. The Hall–Kier alpha value is -1.11. The van der Waals surface area contributed by atoms with E-state index in [0.29, 0.717) is 0 Å². The van der Waals surface area contributed by atoms with Crippen molar-refractivity contribution >= 4 is 5.78 Å². The fourth-order valence-electron chi connectivity index (χ4n) is 1.56. The number of rotatable bonds is 2. The molecule has 0 aromatic rings. The SMILES string of the molecule is CC(=O)/C=C/C1=C(C)CCC=C1C. The van der Waals surface area contributed by atoms with Crippen LogP contribution in [-0.4, -0.2) is 5.78 Å². The van der Waals surface area contributed by atoms with Gasteiger partial charge in [0.1, 0.15) is 0 Å². The van der Waals surface area contributed by atoms with Gasteiger partial charge in [-0.2, -0.15) is 0 Å². The third-order valence-electron chi connectivity index (χ3n) is 2.34. The second-order valence-corrected chi connectivity index (χ2v) is 3.56. The number of hydrogen-bond donors (Lipinski definition) is 0. The minimum absolute atomic E-state index is 0.110. The van der Waals surface area contributed by atoms with E-state index in [2.05, 4.69) is 19.9 Å². The van der Waals surface area contributed by atoms with E-state index in [1.54, 1.807) is 13.0 Å². The Bertz CT molecular complexity index is 303. The lowest BCUT2D eigenvalue weighted by molar-refractivity contribution is -0.112. The van der Waals surface area contributed by atoms with Crippen molar-refractivity contribution in [2.45, 2.75) is 33.6 Å². The highest BCUT2D eigenvalue weighted by molar-refractivity contribution is 5.87. The van der Waals surface area contributed by atoms with Crippen LogP contribution in [0, 0.1) is 0 Å². The molecule has 0 aromatic carbocycles. The van der Waals surface area contributed by atoms with Gasteiger partial charge in [0.25, 0.3) is 0 Å². The molecular weight excluding hydrogens is 160 g/mol. The van der Waals surface area contributed by atoms with Gasteiger partial charge in [-0.3, -0.25) is 4.79 Å². The Labute approximate surface area is 79.8 Å². The lowest BCUT2D eigenvalue weighted by Crippen LogP contribution is -1.95. The van der Waals surface area contributed by atoms with Gasteiger partial charge in [0.2, 0.25) is 0 Å². The first-order valence-electron chi connectivity index (χ1n) is 4.67. The molecule has 0 unspecified atom stereocenters. The lowest BCUT2D eigenvalue weighted by atomic mass is 9.92. The van der Waals surface area contributed by atoms with Crippen LogP contribution >= 0.6 is 0 Å². The average molecular weight is 176 g/mol. The van der Waals surface area contributed by atoms with Crippen LogP contribution in [0.2, 0.25) is 0 Å². The molecule has 0 bridgehead atoms. The molecule has 0 radical (unpaired) electrons. The van der Waals surface area contributed by atoms with Gasteiger partial charge in [-0.15, -0.1) is 0 Å². The van der Waals surface area contributed by atoms with Gasteiger partial charge in [-0.1, -0.05) is 17.7 Å². The predicted molar refractivity (Wildman–Crippen MR) is 55.5 cm³/mol. The van der Waals surface area contributed by atoms with E-state index >= 15 is 0 Å². The molecule has 0 atom stereocenters. The largest absolute Gasteiger partial charge is 0.295 e. The summed E-state index contributed by atoms with van der Waals surface area (Å²) in [7, 11) is 0. The summed E-state index contributed by atoms with van der Waals surface area (Å²) in [6.45, 7) is 5.81. The monoisotopic (exact) mass is 176 g/mol. The smallest absolute Gasteiger partial charge is 0.152 e. The Kier molecular flexibility index (Phi) is 3.24. The Balaban J connectivity index is 2.88. The van der Waals surface area contributed by atoms with Crippen LogP contribution in [0.1, 0.15) is 33.6 Å². The van der Waals surface area contributed by atoms with Crippen LogP contribution in [0.25, 0.3) is 0 Å². The van der Waals surface area contributed by atoms with Crippen LogP contribution < -0.4 is 0 Å². The third-order valence-corrected chi connectivity index (χ3v) is 2.34. The highest BCUT2D eigenvalue weighted by Gasteiger charge is 2.06. The van der Waals surface area contributed by atoms with Gasteiger partial charge >= 0.3 is 0 Å². The molecule has 1 nitrogen and oxygen atoms in total. The van der Waals surface area contributed by atoms with Crippen molar-refractivity contribution < 1.29 is 4.79 Å². The molecule has 13 heavy (non-hydrogen) atoms. The number of carbonyl (C=O) groups excluding carboxylic acids is 1. The maximum atomic E-state index is 10.8. The zero-order valence-corrected chi connectivity index (χ0v) is 8.55. The van der Waals surface area contributed by atoms with Gasteiger partial charge in [-0.25, -0.2) is 0 Å². The lowest BCUT2D eigenvalue weighted by Gasteiger charge is -2.13. The van der Waals surface area contributed by atoms with Crippen LogP contribution in [0.4, 0.5) is 0 Å². The zero-order valence-electron chi connectivity index (χ0n) is 8.55. The van der Waals surface area contributed by atoms with Crippen molar-refractivity contribution in [3.8, 4) is 0 Å². The summed E-state index contributed by atoms with van der Waals surface area (Å²) >= 11 is 0. The minimum atomic E-state index is 0.110. The molecule has 1 rings (SSSR count). The summed E-state index contributed by atoms with van der Waals surface area (Å²) in [5.74, 6) is 0.110. The van der Waals surface area contributed by atoms with Crippen LogP contribution in [-0.2, 0) is 4.79 Å². The molecular formula is C12H16O. The molecule has 0 amide bonds. The number of ketones is 1. The number of hydrogen-bond acceptors (Lipinski definition) is 1. The summed E-state index contributed by atoms with van der Waals surface area (Å²) in [4.78, 5) is 10.8. The Morgan fingerprint density at radius 1 is 1.46 bits per heavy atom. The summed E-state index contributed by atoms with van der Waals surface area (Å²) in [5, 5.41) is 0. The zero-order chi connectivity index (χ0) is 9.84. The van der Waals surface area contributed by atoms with Gasteiger partial charge in [0.05, 0.1) is 0 Å². The second-order valence-electron chi connectivity index (χ2n) is 3.56. The average Bonchev–Trinajstić information content (AvgIpc) is 2.03. The number of allylic oxidation sites excluding steroid dienone is 6. The van der Waals surface area contributed by atoms with E-state index < -0.39 is 0 Å². The van der Waals surface area contributed by atoms with E-state index in [1.807, 2.05) is 6.08 Å². The topological polar surface area (TPSA) is 17.1 Å². The van der Waals surface area contributed by atoms with Crippen molar-refractivity contribution in [2.75, 3.05) is 0 Å². The Morgan fingerprint density at radius 3 is 2.69 bits per heavy atom. The molecule has 70 valence electrons. The first-order valence-corrected chi connectivity index (χ1v) is 4.67. The quantitative estimate of drug-likeness (QED) is 0.590. The highest BCUT2D eigenvalue weighted by atomic mass is 16.1. The van der Waals surface area contributed by atoms with Crippen molar-refractivity contribution in [1.29, 1.82) is 0 Å². The number of carbonyl (C=O) groups is 1. The van der Waals surface area contributed by atoms with Crippen molar-refractivity contribution in [3.63, 3.8) is 0 Å². The van der Waals surface area contributed by atoms with E-state index in [9.17, 15) is 4.79 Å². The molecule has 0 aromatic heterocycles. The second kappa shape index (κ2) is 4.22. The van der Waals surface area contributed by atoms with Crippen molar-refractivity contribution in [2.24, 2.45) is 0 Å². The molecule has 0 saturated heterocycles. The van der Waals surface area contributed by atoms with Crippen molar-refractivity contribution in [3.05, 3.63) is 34.9 Å². The first kappa shape index (κ1) is 9.97. The normalized spacial score (nSPS) is 17.9. The maximum absolute atomic E-state index is 10.8. The maximum Gasteiger partial charge on any atom is 0.152 e. The standard InChI is InChI=1S/C12H16O/c1-9-5-4-6-10(2)12(9)8-7-11(3)13/h5,7-8H,4,6H2,1-3H3/b8-7+. The van der Waals surface area contributed by atoms with Crippen LogP contribution in [0.3, 0.4) is 0 Å². The van der Waals surface area contributed by atoms with E-state index in [-0.39, 0.29) is 5.78 Å². The fraction of sp³-hybridized carbons (Fsp3) is 0.417. The molecule has 0 aliphatic heterocycles. The molecule has 1 heteroatoms. The molecule has 1 aliphatic rings. The van der Waals surface area contributed by atoms with E-state index in [1.165, 1.54) is 16.7 Å². The van der Waals surface area contributed by atoms with Gasteiger partial charge in [0.15, 0.2) is 5.78 Å². The summed E-state index contributed by atoms with van der Waals surface area (Å²) < 4.78 is 0. The predicted octanol–water partition coefficient (Wildman–Crippen LogP) is 3.19.